The van der Waals surface area contributed by atoms with Gasteiger partial charge in [0.05, 0.1) is 25.6 Å². The fourth-order valence-corrected chi connectivity index (χ4v) is 10.2. The normalized spacial score (nSPS) is 36.0. The summed E-state index contributed by atoms with van der Waals surface area (Å²) in [5.74, 6) is -0.843. The number of imidazole rings is 1. The molecule has 3 saturated heterocycles. The summed E-state index contributed by atoms with van der Waals surface area (Å²) in [6.07, 6.45) is -5.75. The lowest BCUT2D eigenvalue weighted by Crippen LogP contribution is -2.34. The standard InChI is InChI=1S/C21H24FN9O9P2S3/c22-10-12-9(39-19(10)30-6-27-11-14(23)25-5-26-15(11)30)3-36-41(34,43)4-7-1-8(2-37-42(35,44)40-12)38-18(7)31-16-13(45-21(31)33)17(32)29-20(24)28-16/h5-10,12,18-19H,1-4H2,(H,34,43)(H,35,44)(H2,23,25,26)(H3,24,28,29,32)/t7-,8?,9?,10+,12?,18+,19+,41+,42-/m0/s1. The average molecular weight is 724 g/mol. The number of rotatable bonds is 2. The quantitative estimate of drug-likeness (QED) is 0.146. The van der Waals surface area contributed by atoms with Gasteiger partial charge < -0.3 is 25.5 Å². The Hall–Kier alpha value is -2.39. The molecule has 0 aliphatic carbocycles. The van der Waals surface area contributed by atoms with Gasteiger partial charge in [-0.3, -0.25) is 37.3 Å². The van der Waals surface area contributed by atoms with Crippen LogP contribution in [0.5, 0.6) is 0 Å². The molecule has 45 heavy (non-hydrogen) atoms. The zero-order valence-corrected chi connectivity index (χ0v) is 27.0. The van der Waals surface area contributed by atoms with E-state index in [0.717, 1.165) is 4.57 Å². The highest BCUT2D eigenvalue weighted by atomic mass is 32.7. The highest BCUT2D eigenvalue weighted by molar-refractivity contribution is 8.46. The Kier molecular flexibility index (Phi) is 7.90. The number of halogens is 1. The van der Waals surface area contributed by atoms with Gasteiger partial charge in [0.1, 0.15) is 35.0 Å². The Balaban J connectivity index is 1.20. The molecule has 4 aromatic rings. The van der Waals surface area contributed by atoms with E-state index < -0.39 is 73.3 Å². The molecule has 4 aromatic heterocycles. The van der Waals surface area contributed by atoms with Gasteiger partial charge >= 0.3 is 11.7 Å². The summed E-state index contributed by atoms with van der Waals surface area (Å²) in [4.78, 5) is 43.5. The van der Waals surface area contributed by atoms with Crippen LogP contribution in [0.1, 0.15) is 18.9 Å². The van der Waals surface area contributed by atoms with E-state index in [2.05, 4.69) is 49.4 Å². The van der Waals surface area contributed by atoms with Crippen molar-refractivity contribution in [2.24, 2.45) is 5.92 Å². The summed E-state index contributed by atoms with van der Waals surface area (Å²) in [6, 6.07) is 0. The van der Waals surface area contributed by atoms with Crippen LogP contribution in [0.15, 0.2) is 22.2 Å². The molecule has 24 heteroatoms. The SMILES string of the molecule is Nc1nc2c(sc(=O)n2[C@@H]2OC3CO[P@](=O)(S)OC4C(CO[P@@](=O)(S)C[C@@H]2C3)O[C@@H](n2cnc3c(N)ncnc32)[C@@H]4F)c(=O)[nH]1. The number of ether oxygens (including phenoxy) is 2. The fraction of sp³-hybridized carbons (Fsp3) is 0.524. The molecule has 18 nitrogen and oxygen atoms in total. The number of nitrogens with one attached hydrogen (secondary N) is 1. The van der Waals surface area contributed by atoms with Gasteiger partial charge in [-0.15, -0.1) is 0 Å². The van der Waals surface area contributed by atoms with E-state index in [1.807, 2.05) is 0 Å². The van der Waals surface area contributed by atoms with Gasteiger partial charge in [-0.25, -0.2) is 23.9 Å². The minimum Gasteiger partial charge on any atom is -0.382 e. The van der Waals surface area contributed by atoms with Crippen molar-refractivity contribution in [3.8, 4) is 0 Å². The Morgan fingerprint density at radius 2 is 1.87 bits per heavy atom. The molecule has 242 valence electrons. The number of anilines is 2. The molecule has 0 spiro atoms. The predicted octanol–water partition coefficient (Wildman–Crippen LogP) is 1.88. The summed E-state index contributed by atoms with van der Waals surface area (Å²) < 4.78 is 74.3. The highest BCUT2D eigenvalue weighted by Gasteiger charge is 2.52. The first-order chi connectivity index (χ1) is 21.3. The Bertz CT molecular complexity index is 2030. The Morgan fingerprint density at radius 3 is 2.67 bits per heavy atom. The number of aromatic nitrogens is 7. The van der Waals surface area contributed by atoms with Gasteiger partial charge in [-0.1, -0.05) is 35.8 Å². The summed E-state index contributed by atoms with van der Waals surface area (Å²) in [6.45, 7) is -8.96. The largest absolute Gasteiger partial charge is 0.386 e. The first kappa shape index (κ1) is 31.2. The Labute approximate surface area is 265 Å². The molecule has 7 heterocycles. The predicted molar refractivity (Wildman–Crippen MR) is 164 cm³/mol. The van der Waals surface area contributed by atoms with Crippen LogP contribution in [0.2, 0.25) is 0 Å². The number of nitrogens with two attached hydrogens (primary N) is 2. The van der Waals surface area contributed by atoms with Gasteiger partial charge in [0.2, 0.25) is 5.95 Å². The van der Waals surface area contributed by atoms with E-state index in [0.29, 0.717) is 11.3 Å². The van der Waals surface area contributed by atoms with Crippen LogP contribution >= 0.6 is 49.2 Å². The molecule has 3 fully saturated rings. The third-order valence-electron chi connectivity index (χ3n) is 7.56. The monoisotopic (exact) mass is 723 g/mol. The second-order valence-electron chi connectivity index (χ2n) is 10.5. The molecule has 3 unspecified atom stereocenters. The molecule has 2 bridgehead atoms. The molecule has 5 N–H and O–H groups in total. The number of nitrogen functional groups attached to an aromatic ring is 2. The van der Waals surface area contributed by atoms with Crippen molar-refractivity contribution in [1.82, 2.24) is 34.1 Å². The van der Waals surface area contributed by atoms with E-state index in [9.17, 15) is 18.7 Å². The molecule has 0 saturated carbocycles. The maximum Gasteiger partial charge on any atom is 0.386 e. The van der Waals surface area contributed by atoms with Crippen molar-refractivity contribution in [2.45, 2.75) is 43.4 Å². The Morgan fingerprint density at radius 1 is 1.07 bits per heavy atom. The van der Waals surface area contributed by atoms with Crippen molar-refractivity contribution >= 4 is 82.5 Å². The van der Waals surface area contributed by atoms with Gasteiger partial charge in [-0.05, 0) is 6.42 Å². The number of H-pyrrole nitrogens is 1. The third-order valence-corrected chi connectivity index (χ3v) is 12.4. The molecular formula is C21H24FN9O9P2S3. The van der Waals surface area contributed by atoms with Gasteiger partial charge in [0, 0.05) is 12.1 Å². The molecule has 3 aliphatic rings. The van der Waals surface area contributed by atoms with E-state index in [1.165, 1.54) is 17.2 Å². The lowest BCUT2D eigenvalue weighted by Gasteiger charge is -2.26. The van der Waals surface area contributed by atoms with Crippen LogP contribution in [-0.2, 0) is 32.2 Å². The number of fused-ring (bicyclic) bond motifs is 5. The third kappa shape index (κ3) is 5.74. The second kappa shape index (κ2) is 11.4. The van der Waals surface area contributed by atoms with Crippen LogP contribution in [-0.4, -0.2) is 77.9 Å². The first-order valence-electron chi connectivity index (χ1n) is 13.2. The number of aromatic amines is 1. The second-order valence-corrected chi connectivity index (χ2v) is 18.1. The summed E-state index contributed by atoms with van der Waals surface area (Å²) in [5, 5.41) is 0. The first-order valence-corrected chi connectivity index (χ1v) is 19.7. The van der Waals surface area contributed by atoms with Gasteiger partial charge in [0.25, 0.3) is 12.1 Å². The number of hydrogen-bond acceptors (Lipinski definition) is 16. The average Bonchev–Trinajstić information content (AvgIpc) is 3.71. The number of nitrogens with zero attached hydrogens (tertiary/aromatic N) is 6. The molecule has 0 aromatic carbocycles. The molecule has 3 aliphatic heterocycles. The summed E-state index contributed by atoms with van der Waals surface area (Å²) in [5.41, 5.74) is 11.3. The highest BCUT2D eigenvalue weighted by Crippen LogP contribution is 2.60. The zero-order chi connectivity index (χ0) is 31.8. The van der Waals surface area contributed by atoms with Crippen LogP contribution in [0, 0.1) is 5.92 Å². The van der Waals surface area contributed by atoms with E-state index in [1.54, 1.807) is 0 Å². The van der Waals surface area contributed by atoms with Crippen LogP contribution < -0.4 is 21.9 Å². The minimum atomic E-state index is -4.29. The topological polar surface area (TPSA) is 244 Å². The number of thiol groups is 2. The number of thiazole rings is 1. The smallest absolute Gasteiger partial charge is 0.382 e. The number of alkyl halides is 1. The van der Waals surface area contributed by atoms with Crippen molar-refractivity contribution in [1.29, 1.82) is 0 Å². The maximum atomic E-state index is 16.0. The fourth-order valence-electron chi connectivity index (χ4n) is 5.67. The molecule has 9 atom stereocenters. The van der Waals surface area contributed by atoms with E-state index in [-0.39, 0.29) is 52.5 Å². The summed E-state index contributed by atoms with van der Waals surface area (Å²) >= 11 is 8.99. The summed E-state index contributed by atoms with van der Waals surface area (Å²) in [7, 11) is 0. The number of hydrogen-bond donors (Lipinski definition) is 5. The van der Waals surface area contributed by atoms with Crippen LogP contribution in [0.25, 0.3) is 21.5 Å². The minimum absolute atomic E-state index is 0.0174. The molecule has 0 radical (unpaired) electrons. The maximum absolute atomic E-state index is 16.0. The van der Waals surface area contributed by atoms with Crippen LogP contribution in [0.4, 0.5) is 16.2 Å². The lowest BCUT2D eigenvalue weighted by atomic mass is 10.1. The van der Waals surface area contributed by atoms with Crippen molar-refractivity contribution in [3.63, 3.8) is 0 Å². The zero-order valence-electron chi connectivity index (χ0n) is 22.6. The van der Waals surface area contributed by atoms with Crippen molar-refractivity contribution in [2.75, 3.05) is 30.8 Å². The van der Waals surface area contributed by atoms with Gasteiger partial charge in [-0.2, -0.15) is 4.98 Å². The van der Waals surface area contributed by atoms with E-state index >= 15 is 4.39 Å². The van der Waals surface area contributed by atoms with Crippen molar-refractivity contribution < 1.29 is 36.6 Å². The van der Waals surface area contributed by atoms with E-state index in [4.69, 9.17) is 34.5 Å². The molecule has 7 rings (SSSR count). The lowest BCUT2D eigenvalue weighted by molar-refractivity contribution is -0.0430. The van der Waals surface area contributed by atoms with Gasteiger partial charge in [0.15, 0.2) is 29.5 Å². The molecule has 0 amide bonds. The molecular weight excluding hydrogens is 699 g/mol. The van der Waals surface area contributed by atoms with Crippen LogP contribution in [0.3, 0.4) is 0 Å². The van der Waals surface area contributed by atoms with Crippen molar-refractivity contribution in [3.05, 3.63) is 32.7 Å².